The second kappa shape index (κ2) is 4.91. The van der Waals surface area contributed by atoms with E-state index in [0.29, 0.717) is 18.6 Å². The van der Waals surface area contributed by atoms with Gasteiger partial charge in [-0.1, -0.05) is 0 Å². The minimum atomic E-state index is -1.37. The Bertz CT molecular complexity index is 728. The van der Waals surface area contributed by atoms with Gasteiger partial charge < -0.3 is 14.8 Å². The summed E-state index contributed by atoms with van der Waals surface area (Å²) in [6.45, 7) is 0.483. The van der Waals surface area contributed by atoms with E-state index >= 15 is 0 Å². The Morgan fingerprint density at radius 3 is 2.91 bits per heavy atom. The molecule has 2 fully saturated rings. The van der Waals surface area contributed by atoms with Gasteiger partial charge in [-0.3, -0.25) is 9.69 Å². The van der Waals surface area contributed by atoms with Crippen LogP contribution in [0.25, 0.3) is 0 Å². The molecular formula is C15H14BrFN2O4. The lowest BCUT2D eigenvalue weighted by atomic mass is 9.77. The number of ether oxygens (including phenoxy) is 2. The molecule has 1 aromatic rings. The number of hydrogen-bond donors (Lipinski definition) is 1. The summed E-state index contributed by atoms with van der Waals surface area (Å²) in [5, 5.41) is 2.76. The van der Waals surface area contributed by atoms with Crippen LogP contribution in [0, 0.1) is 5.82 Å². The van der Waals surface area contributed by atoms with E-state index in [1.165, 1.54) is 19.2 Å². The molecule has 0 unspecified atom stereocenters. The summed E-state index contributed by atoms with van der Waals surface area (Å²) in [4.78, 5) is 26.0. The van der Waals surface area contributed by atoms with Crippen LogP contribution in [0.1, 0.15) is 18.4 Å². The topological polar surface area (TPSA) is 67.9 Å². The fourth-order valence-electron chi connectivity index (χ4n) is 3.57. The first-order chi connectivity index (χ1) is 10.9. The van der Waals surface area contributed by atoms with Gasteiger partial charge in [-0.2, -0.15) is 0 Å². The van der Waals surface area contributed by atoms with Gasteiger partial charge in [0.25, 0.3) is 5.91 Å². The molecule has 1 N–H and O–H groups in total. The molecule has 3 atom stereocenters. The first-order valence-corrected chi connectivity index (χ1v) is 8.12. The molecule has 3 aliphatic heterocycles. The van der Waals surface area contributed by atoms with Crippen LogP contribution in [0.3, 0.4) is 0 Å². The fraction of sp³-hybridized carbons (Fsp3) is 0.467. The Morgan fingerprint density at radius 1 is 1.43 bits per heavy atom. The molecule has 0 bridgehead atoms. The number of fused-ring (bicyclic) bond motifs is 4. The fourth-order valence-corrected chi connectivity index (χ4v) is 3.91. The zero-order chi connectivity index (χ0) is 16.4. The maximum absolute atomic E-state index is 13.9. The van der Waals surface area contributed by atoms with Crippen LogP contribution in [-0.2, 0) is 15.1 Å². The number of imide groups is 1. The average molecular weight is 385 g/mol. The molecule has 0 aliphatic carbocycles. The van der Waals surface area contributed by atoms with Crippen molar-refractivity contribution in [1.29, 1.82) is 0 Å². The van der Waals surface area contributed by atoms with Gasteiger partial charge >= 0.3 is 6.03 Å². The van der Waals surface area contributed by atoms with E-state index in [-0.39, 0.29) is 10.2 Å². The van der Waals surface area contributed by atoms with Crippen LogP contribution in [0.4, 0.5) is 9.18 Å². The quantitative estimate of drug-likeness (QED) is 0.693. The highest BCUT2D eigenvalue weighted by atomic mass is 79.9. The number of urea groups is 1. The summed E-state index contributed by atoms with van der Waals surface area (Å²) in [7, 11) is 1.41. The lowest BCUT2D eigenvalue weighted by Crippen LogP contribution is -2.63. The first-order valence-electron chi connectivity index (χ1n) is 7.33. The van der Waals surface area contributed by atoms with Gasteiger partial charge in [0, 0.05) is 25.3 Å². The Balaban J connectivity index is 1.96. The predicted molar refractivity (Wildman–Crippen MR) is 80.5 cm³/mol. The third-order valence-corrected chi connectivity index (χ3v) is 5.28. The largest absolute Gasteiger partial charge is 0.487 e. The molecule has 1 aromatic carbocycles. The summed E-state index contributed by atoms with van der Waals surface area (Å²) in [6, 6.07) is 2.22. The van der Waals surface area contributed by atoms with Crippen molar-refractivity contribution < 1.29 is 23.5 Å². The van der Waals surface area contributed by atoms with E-state index in [1.807, 2.05) is 0 Å². The highest BCUT2D eigenvalue weighted by Crippen LogP contribution is 2.47. The molecule has 3 aliphatic rings. The number of halogens is 2. The van der Waals surface area contributed by atoms with Gasteiger partial charge in [-0.15, -0.1) is 0 Å². The number of nitrogens with one attached hydrogen (secondary N) is 1. The van der Waals surface area contributed by atoms with Crippen LogP contribution >= 0.6 is 15.9 Å². The van der Waals surface area contributed by atoms with E-state index in [4.69, 9.17) is 9.47 Å². The SMILES string of the molecule is CN1C(=O)N[C@@]2(C1=O)c1cc(Br)c(F)cc1O[C@H]1CCCO[C@@H]12. The number of carbonyl (C=O) groups is 2. The standard InChI is InChI=1S/C15H14BrFN2O4/c1-19-13(20)15(18-14(19)21)7-5-8(16)9(17)6-11(7)23-10-3-2-4-22-12(10)15/h5-6,10,12H,2-4H2,1H3,(H,18,21)/t10-,12-,15-/m0/s1. The van der Waals surface area contributed by atoms with Gasteiger partial charge in [0.05, 0.1) is 4.47 Å². The van der Waals surface area contributed by atoms with Crippen molar-refractivity contribution in [3.05, 3.63) is 28.0 Å². The molecule has 8 heteroatoms. The molecule has 0 saturated carbocycles. The maximum Gasteiger partial charge on any atom is 0.325 e. The van der Waals surface area contributed by atoms with Gasteiger partial charge in [0.2, 0.25) is 0 Å². The van der Waals surface area contributed by atoms with Crippen molar-refractivity contribution in [2.45, 2.75) is 30.6 Å². The summed E-state index contributed by atoms with van der Waals surface area (Å²) in [6.07, 6.45) is 0.412. The highest BCUT2D eigenvalue weighted by molar-refractivity contribution is 9.10. The normalized spacial score (nSPS) is 32.4. The van der Waals surface area contributed by atoms with Gasteiger partial charge in [0.15, 0.2) is 5.54 Å². The number of likely N-dealkylation sites (N-methyl/N-ethyl adjacent to an activating group) is 1. The zero-order valence-electron chi connectivity index (χ0n) is 12.3. The van der Waals surface area contributed by atoms with E-state index in [2.05, 4.69) is 21.2 Å². The molecule has 4 rings (SSSR count). The number of benzene rings is 1. The van der Waals surface area contributed by atoms with E-state index in [9.17, 15) is 14.0 Å². The smallest absolute Gasteiger partial charge is 0.325 e. The summed E-state index contributed by atoms with van der Waals surface area (Å²) >= 11 is 3.13. The highest BCUT2D eigenvalue weighted by Gasteiger charge is 2.63. The lowest BCUT2D eigenvalue weighted by molar-refractivity contribution is -0.153. The first kappa shape index (κ1) is 14.9. The van der Waals surface area contributed by atoms with E-state index < -0.39 is 35.5 Å². The van der Waals surface area contributed by atoms with Crippen molar-refractivity contribution in [2.75, 3.05) is 13.7 Å². The van der Waals surface area contributed by atoms with Crippen LogP contribution in [0.15, 0.2) is 16.6 Å². The maximum atomic E-state index is 13.9. The number of carbonyl (C=O) groups excluding carboxylic acids is 2. The summed E-state index contributed by atoms with van der Waals surface area (Å²) in [5.74, 6) is -0.636. The zero-order valence-corrected chi connectivity index (χ0v) is 13.9. The molecular weight excluding hydrogens is 371 g/mol. The van der Waals surface area contributed by atoms with Gasteiger partial charge in [-0.25, -0.2) is 9.18 Å². The minimum Gasteiger partial charge on any atom is -0.487 e. The van der Waals surface area contributed by atoms with Crippen molar-refractivity contribution in [2.24, 2.45) is 0 Å². The molecule has 0 radical (unpaired) electrons. The van der Waals surface area contributed by atoms with Gasteiger partial charge in [-0.05, 0) is 34.8 Å². The van der Waals surface area contributed by atoms with Gasteiger partial charge in [0.1, 0.15) is 23.8 Å². The molecule has 3 amide bonds. The Kier molecular flexibility index (Phi) is 3.18. The second-order valence-corrected chi connectivity index (χ2v) is 6.81. The Labute approximate surface area is 140 Å². The molecule has 23 heavy (non-hydrogen) atoms. The third-order valence-electron chi connectivity index (χ3n) is 4.67. The van der Waals surface area contributed by atoms with Crippen molar-refractivity contribution >= 4 is 27.9 Å². The summed E-state index contributed by atoms with van der Waals surface area (Å²) in [5.41, 5.74) is -0.961. The lowest BCUT2D eigenvalue weighted by Gasteiger charge is -2.46. The van der Waals surface area contributed by atoms with Crippen LogP contribution in [0.2, 0.25) is 0 Å². The van der Waals surface area contributed by atoms with Crippen molar-refractivity contribution in [3.8, 4) is 5.75 Å². The van der Waals surface area contributed by atoms with E-state index in [0.717, 1.165) is 11.3 Å². The molecule has 6 nitrogen and oxygen atoms in total. The Morgan fingerprint density at radius 2 is 2.22 bits per heavy atom. The van der Waals surface area contributed by atoms with Crippen molar-refractivity contribution in [3.63, 3.8) is 0 Å². The number of rotatable bonds is 0. The molecule has 122 valence electrons. The monoisotopic (exact) mass is 384 g/mol. The molecule has 1 spiro atoms. The number of nitrogens with zero attached hydrogens (tertiary/aromatic N) is 1. The third kappa shape index (κ3) is 1.88. The molecule has 2 saturated heterocycles. The predicted octanol–water partition coefficient (Wildman–Crippen LogP) is 1.91. The van der Waals surface area contributed by atoms with Crippen LogP contribution in [0.5, 0.6) is 5.75 Å². The Hall–Kier alpha value is -1.67. The average Bonchev–Trinajstić information content (AvgIpc) is 2.75. The number of hydrogen-bond acceptors (Lipinski definition) is 4. The van der Waals surface area contributed by atoms with Crippen LogP contribution < -0.4 is 10.1 Å². The molecule has 0 aromatic heterocycles. The molecule has 3 heterocycles. The van der Waals surface area contributed by atoms with E-state index in [1.54, 1.807) is 0 Å². The second-order valence-electron chi connectivity index (χ2n) is 5.95. The van der Waals surface area contributed by atoms with Crippen LogP contribution in [-0.4, -0.2) is 42.7 Å². The van der Waals surface area contributed by atoms with Crippen molar-refractivity contribution in [1.82, 2.24) is 10.2 Å². The number of amides is 3. The minimum absolute atomic E-state index is 0.199. The summed E-state index contributed by atoms with van der Waals surface area (Å²) < 4.78 is 25.8.